The second-order valence-corrected chi connectivity index (χ2v) is 3.79. The third kappa shape index (κ3) is 1.86. The lowest BCUT2D eigenvalue weighted by molar-refractivity contribution is 0.131. The van der Waals surface area contributed by atoms with Crippen molar-refractivity contribution in [1.82, 2.24) is 9.78 Å². The van der Waals surface area contributed by atoms with E-state index in [-0.39, 0.29) is 6.04 Å². The van der Waals surface area contributed by atoms with Crippen LogP contribution in [0, 0.1) is 13.8 Å². The maximum absolute atomic E-state index is 9.39. The van der Waals surface area contributed by atoms with E-state index in [0.717, 1.165) is 11.4 Å². The van der Waals surface area contributed by atoms with Crippen LogP contribution in [-0.2, 0) is 0 Å². The molecule has 0 aliphatic carbocycles. The van der Waals surface area contributed by atoms with Gasteiger partial charge in [0.05, 0.1) is 28.6 Å². The van der Waals surface area contributed by atoms with Gasteiger partial charge in [0, 0.05) is 0 Å². The van der Waals surface area contributed by atoms with Crippen LogP contribution < -0.4 is 0 Å². The number of aliphatic hydroxyl groups is 1. The quantitative estimate of drug-likeness (QED) is 0.798. The van der Waals surface area contributed by atoms with Crippen LogP contribution in [0.5, 0.6) is 0 Å². The van der Waals surface area contributed by atoms with Crippen molar-refractivity contribution in [2.75, 3.05) is 0 Å². The minimum absolute atomic E-state index is 0.0359. The van der Waals surface area contributed by atoms with Gasteiger partial charge in [-0.2, -0.15) is 5.10 Å². The van der Waals surface area contributed by atoms with Gasteiger partial charge in [-0.05, 0) is 27.7 Å². The Bertz CT molecular complexity index is 307. The maximum atomic E-state index is 9.39. The number of aromatic nitrogens is 2. The van der Waals surface area contributed by atoms with E-state index in [1.807, 2.05) is 20.8 Å². The second-order valence-electron chi connectivity index (χ2n) is 3.41. The highest BCUT2D eigenvalue weighted by Gasteiger charge is 2.17. The molecule has 13 heavy (non-hydrogen) atoms. The van der Waals surface area contributed by atoms with E-state index in [0.29, 0.717) is 5.02 Å². The van der Waals surface area contributed by atoms with Crippen LogP contribution in [-0.4, -0.2) is 21.0 Å². The summed E-state index contributed by atoms with van der Waals surface area (Å²) >= 11 is 5.98. The summed E-state index contributed by atoms with van der Waals surface area (Å²) < 4.78 is 1.77. The smallest absolute Gasteiger partial charge is 0.0844 e. The third-order valence-electron chi connectivity index (χ3n) is 2.32. The molecule has 0 aromatic carbocycles. The van der Waals surface area contributed by atoms with Gasteiger partial charge < -0.3 is 5.11 Å². The van der Waals surface area contributed by atoms with Gasteiger partial charge >= 0.3 is 0 Å². The first-order chi connectivity index (χ1) is 5.95. The summed E-state index contributed by atoms with van der Waals surface area (Å²) in [6, 6.07) is -0.0359. The molecule has 3 nitrogen and oxygen atoms in total. The van der Waals surface area contributed by atoms with Crippen LogP contribution in [0.2, 0.25) is 5.02 Å². The number of hydrogen-bond acceptors (Lipinski definition) is 2. The van der Waals surface area contributed by atoms with Crippen LogP contribution in [0.3, 0.4) is 0 Å². The van der Waals surface area contributed by atoms with Gasteiger partial charge in [0.15, 0.2) is 0 Å². The summed E-state index contributed by atoms with van der Waals surface area (Å²) in [6.45, 7) is 7.43. The van der Waals surface area contributed by atoms with E-state index >= 15 is 0 Å². The predicted octanol–water partition coefficient (Wildman–Crippen LogP) is 2.10. The van der Waals surface area contributed by atoms with Crippen LogP contribution in [0.4, 0.5) is 0 Å². The molecule has 2 atom stereocenters. The van der Waals surface area contributed by atoms with E-state index in [1.165, 1.54) is 0 Å². The molecule has 0 saturated carbocycles. The Labute approximate surface area is 83.3 Å². The van der Waals surface area contributed by atoms with Crippen LogP contribution >= 0.6 is 11.6 Å². The first kappa shape index (κ1) is 10.5. The minimum atomic E-state index is -0.422. The molecule has 1 N–H and O–H groups in total. The Kier molecular flexibility index (Phi) is 2.98. The van der Waals surface area contributed by atoms with Crippen molar-refractivity contribution in [2.24, 2.45) is 0 Å². The van der Waals surface area contributed by atoms with Crippen molar-refractivity contribution in [3.63, 3.8) is 0 Å². The Morgan fingerprint density at radius 3 is 2.23 bits per heavy atom. The SMILES string of the molecule is Cc1nn(C(C)C(C)O)c(C)c1Cl. The van der Waals surface area contributed by atoms with Crippen LogP contribution in [0.15, 0.2) is 0 Å². The third-order valence-corrected chi connectivity index (χ3v) is 2.87. The standard InChI is InChI=1S/C9H15ClN2O/c1-5-9(10)7(3)12(11-5)6(2)8(4)13/h6,8,13H,1-4H3. The number of aliphatic hydroxyl groups excluding tert-OH is 1. The highest BCUT2D eigenvalue weighted by Crippen LogP contribution is 2.23. The largest absolute Gasteiger partial charge is 0.391 e. The fraction of sp³-hybridized carbons (Fsp3) is 0.667. The fourth-order valence-corrected chi connectivity index (χ4v) is 1.37. The van der Waals surface area contributed by atoms with E-state index in [1.54, 1.807) is 11.6 Å². The van der Waals surface area contributed by atoms with Gasteiger partial charge in [-0.3, -0.25) is 4.68 Å². The first-order valence-electron chi connectivity index (χ1n) is 4.34. The van der Waals surface area contributed by atoms with Gasteiger partial charge in [-0.1, -0.05) is 11.6 Å². The Morgan fingerprint density at radius 1 is 1.38 bits per heavy atom. The molecule has 4 heteroatoms. The highest BCUT2D eigenvalue weighted by atomic mass is 35.5. The molecular formula is C9H15ClN2O. The lowest BCUT2D eigenvalue weighted by atomic mass is 10.2. The van der Waals surface area contributed by atoms with Crippen molar-refractivity contribution in [1.29, 1.82) is 0 Å². The zero-order valence-corrected chi connectivity index (χ0v) is 9.13. The number of aryl methyl sites for hydroxylation is 1. The fourth-order valence-electron chi connectivity index (χ4n) is 1.24. The van der Waals surface area contributed by atoms with Gasteiger partial charge in [0.25, 0.3) is 0 Å². The molecule has 1 rings (SSSR count). The highest BCUT2D eigenvalue weighted by molar-refractivity contribution is 6.31. The molecule has 0 spiro atoms. The zero-order chi connectivity index (χ0) is 10.2. The molecule has 1 aromatic heterocycles. The Morgan fingerprint density at radius 2 is 1.92 bits per heavy atom. The van der Waals surface area contributed by atoms with Gasteiger partial charge in [0.1, 0.15) is 0 Å². The summed E-state index contributed by atoms with van der Waals surface area (Å²) in [7, 11) is 0. The van der Waals surface area contributed by atoms with Gasteiger partial charge in [0.2, 0.25) is 0 Å². The number of rotatable bonds is 2. The molecule has 0 bridgehead atoms. The normalized spacial score (nSPS) is 15.8. The summed E-state index contributed by atoms with van der Waals surface area (Å²) in [4.78, 5) is 0. The Hall–Kier alpha value is -0.540. The molecule has 0 aliphatic rings. The van der Waals surface area contributed by atoms with Crippen molar-refractivity contribution >= 4 is 11.6 Å². The van der Waals surface area contributed by atoms with Crippen molar-refractivity contribution in [3.05, 3.63) is 16.4 Å². The van der Waals surface area contributed by atoms with E-state index in [4.69, 9.17) is 11.6 Å². The molecule has 74 valence electrons. The summed E-state index contributed by atoms with van der Waals surface area (Å²) in [5.74, 6) is 0. The average Bonchev–Trinajstić information content (AvgIpc) is 2.31. The molecule has 0 saturated heterocycles. The molecule has 0 amide bonds. The zero-order valence-electron chi connectivity index (χ0n) is 8.37. The molecule has 0 aliphatic heterocycles. The van der Waals surface area contributed by atoms with Crippen molar-refractivity contribution in [3.8, 4) is 0 Å². The average molecular weight is 203 g/mol. The molecule has 2 unspecified atom stereocenters. The topological polar surface area (TPSA) is 38.0 Å². The van der Waals surface area contributed by atoms with Crippen LogP contribution in [0.1, 0.15) is 31.3 Å². The summed E-state index contributed by atoms with van der Waals surface area (Å²) in [6.07, 6.45) is -0.422. The Balaban J connectivity index is 3.08. The van der Waals surface area contributed by atoms with Gasteiger partial charge in [-0.25, -0.2) is 0 Å². The molecular weight excluding hydrogens is 188 g/mol. The van der Waals surface area contributed by atoms with Crippen LogP contribution in [0.25, 0.3) is 0 Å². The lowest BCUT2D eigenvalue weighted by Crippen LogP contribution is -2.20. The molecule has 0 fully saturated rings. The molecule has 0 radical (unpaired) electrons. The number of halogens is 1. The summed E-state index contributed by atoms with van der Waals surface area (Å²) in [5, 5.41) is 14.3. The predicted molar refractivity (Wildman–Crippen MR) is 53.1 cm³/mol. The van der Waals surface area contributed by atoms with Gasteiger partial charge in [-0.15, -0.1) is 0 Å². The van der Waals surface area contributed by atoms with Crippen molar-refractivity contribution in [2.45, 2.75) is 39.8 Å². The number of nitrogens with zero attached hydrogens (tertiary/aromatic N) is 2. The summed E-state index contributed by atoms with van der Waals surface area (Å²) in [5.41, 5.74) is 1.72. The van der Waals surface area contributed by atoms with Crippen molar-refractivity contribution < 1.29 is 5.11 Å². The minimum Gasteiger partial charge on any atom is -0.391 e. The van der Waals surface area contributed by atoms with E-state index in [9.17, 15) is 5.11 Å². The first-order valence-corrected chi connectivity index (χ1v) is 4.72. The lowest BCUT2D eigenvalue weighted by Gasteiger charge is -2.16. The monoisotopic (exact) mass is 202 g/mol. The van der Waals surface area contributed by atoms with E-state index in [2.05, 4.69) is 5.10 Å². The molecule has 1 heterocycles. The van der Waals surface area contributed by atoms with E-state index < -0.39 is 6.10 Å². The second kappa shape index (κ2) is 3.68. The maximum Gasteiger partial charge on any atom is 0.0844 e. The number of hydrogen-bond donors (Lipinski definition) is 1. The molecule has 1 aromatic rings.